The molecule has 0 unspecified atom stereocenters. The summed E-state index contributed by atoms with van der Waals surface area (Å²) in [5.74, 6) is -0.118. The zero-order valence-electron chi connectivity index (χ0n) is 11.0. The Kier molecular flexibility index (Phi) is 4.23. The van der Waals surface area contributed by atoms with Gasteiger partial charge >= 0.3 is 0 Å². The molecular formula is C16H16ClNO. The van der Waals surface area contributed by atoms with E-state index in [0.29, 0.717) is 10.6 Å². The van der Waals surface area contributed by atoms with Crippen LogP contribution in [0.3, 0.4) is 0 Å². The lowest BCUT2D eigenvalue weighted by Crippen LogP contribution is -2.12. The molecule has 1 amide bonds. The van der Waals surface area contributed by atoms with E-state index in [1.807, 2.05) is 43.3 Å². The standard InChI is InChI=1S/C16H16ClNO/c1-3-12-5-7-13(8-6-12)16(19)18-15-10-14(17)9-4-11(15)2/h4-10H,3H2,1-2H3,(H,18,19). The van der Waals surface area contributed by atoms with Crippen LogP contribution in [0.4, 0.5) is 5.69 Å². The van der Waals surface area contributed by atoms with Crippen LogP contribution < -0.4 is 5.32 Å². The maximum absolute atomic E-state index is 12.1. The highest BCUT2D eigenvalue weighted by atomic mass is 35.5. The van der Waals surface area contributed by atoms with Crippen LogP contribution in [0.25, 0.3) is 0 Å². The van der Waals surface area contributed by atoms with Gasteiger partial charge in [0.2, 0.25) is 0 Å². The molecule has 0 saturated heterocycles. The molecule has 0 spiro atoms. The molecule has 1 N–H and O–H groups in total. The zero-order valence-corrected chi connectivity index (χ0v) is 11.8. The lowest BCUT2D eigenvalue weighted by molar-refractivity contribution is 0.102. The second-order valence-electron chi connectivity index (χ2n) is 4.46. The van der Waals surface area contributed by atoms with Crippen molar-refractivity contribution in [2.24, 2.45) is 0 Å². The van der Waals surface area contributed by atoms with Crippen LogP contribution in [-0.4, -0.2) is 5.91 Å². The summed E-state index contributed by atoms with van der Waals surface area (Å²) in [6, 6.07) is 13.1. The molecule has 0 saturated carbocycles. The lowest BCUT2D eigenvalue weighted by atomic mass is 10.1. The van der Waals surface area contributed by atoms with E-state index in [0.717, 1.165) is 17.7 Å². The monoisotopic (exact) mass is 273 g/mol. The van der Waals surface area contributed by atoms with Crippen molar-refractivity contribution in [3.8, 4) is 0 Å². The SMILES string of the molecule is CCc1ccc(C(=O)Nc2cc(Cl)ccc2C)cc1. The van der Waals surface area contributed by atoms with Crippen molar-refractivity contribution in [1.82, 2.24) is 0 Å². The molecule has 0 aromatic heterocycles. The van der Waals surface area contributed by atoms with Gasteiger partial charge in [0.15, 0.2) is 0 Å². The number of anilines is 1. The average molecular weight is 274 g/mol. The van der Waals surface area contributed by atoms with Crippen molar-refractivity contribution in [1.29, 1.82) is 0 Å². The van der Waals surface area contributed by atoms with E-state index in [2.05, 4.69) is 12.2 Å². The molecule has 0 aliphatic heterocycles. The fraction of sp³-hybridized carbons (Fsp3) is 0.188. The highest BCUT2D eigenvalue weighted by Gasteiger charge is 2.08. The number of rotatable bonds is 3. The number of aryl methyl sites for hydroxylation is 2. The number of nitrogens with one attached hydrogen (secondary N) is 1. The summed E-state index contributed by atoms with van der Waals surface area (Å²) in [7, 11) is 0. The second kappa shape index (κ2) is 5.89. The van der Waals surface area contributed by atoms with Gasteiger partial charge < -0.3 is 5.32 Å². The molecule has 0 radical (unpaired) electrons. The van der Waals surface area contributed by atoms with Gasteiger partial charge in [0.05, 0.1) is 0 Å². The van der Waals surface area contributed by atoms with Crippen molar-refractivity contribution in [3.63, 3.8) is 0 Å². The Hall–Kier alpha value is -1.80. The molecular weight excluding hydrogens is 258 g/mol. The molecule has 2 rings (SSSR count). The van der Waals surface area contributed by atoms with E-state index in [-0.39, 0.29) is 5.91 Å². The molecule has 0 aliphatic rings. The molecule has 0 fully saturated rings. The first-order chi connectivity index (χ1) is 9.10. The third kappa shape index (κ3) is 3.36. The van der Waals surface area contributed by atoms with Crippen molar-refractivity contribution in [3.05, 3.63) is 64.2 Å². The Labute approximate surface area is 118 Å². The summed E-state index contributed by atoms with van der Waals surface area (Å²) in [4.78, 5) is 12.1. The number of hydrogen-bond acceptors (Lipinski definition) is 1. The Bertz CT molecular complexity index is 590. The van der Waals surface area contributed by atoms with Gasteiger partial charge in [0, 0.05) is 16.3 Å². The van der Waals surface area contributed by atoms with Crippen molar-refractivity contribution in [2.75, 3.05) is 5.32 Å². The van der Waals surface area contributed by atoms with Crippen LogP contribution in [-0.2, 0) is 6.42 Å². The molecule has 0 heterocycles. The number of benzene rings is 2. The van der Waals surface area contributed by atoms with Crippen LogP contribution in [0.2, 0.25) is 5.02 Å². The Morgan fingerprint density at radius 1 is 1.16 bits per heavy atom. The van der Waals surface area contributed by atoms with Crippen molar-refractivity contribution < 1.29 is 4.79 Å². The maximum atomic E-state index is 12.1. The minimum Gasteiger partial charge on any atom is -0.322 e. The van der Waals surface area contributed by atoms with Crippen LogP contribution in [0.1, 0.15) is 28.4 Å². The van der Waals surface area contributed by atoms with Crippen LogP contribution >= 0.6 is 11.6 Å². The van der Waals surface area contributed by atoms with Crippen LogP contribution in [0.15, 0.2) is 42.5 Å². The Morgan fingerprint density at radius 2 is 1.84 bits per heavy atom. The van der Waals surface area contributed by atoms with E-state index in [1.54, 1.807) is 6.07 Å². The normalized spacial score (nSPS) is 10.3. The minimum atomic E-state index is -0.118. The van der Waals surface area contributed by atoms with Gasteiger partial charge in [-0.05, 0) is 48.7 Å². The number of amides is 1. The predicted molar refractivity (Wildman–Crippen MR) is 80.0 cm³/mol. The summed E-state index contributed by atoms with van der Waals surface area (Å²) in [5.41, 5.74) is 3.60. The number of carbonyl (C=O) groups is 1. The highest BCUT2D eigenvalue weighted by Crippen LogP contribution is 2.21. The van der Waals surface area contributed by atoms with E-state index in [4.69, 9.17) is 11.6 Å². The van der Waals surface area contributed by atoms with Gasteiger partial charge in [-0.1, -0.05) is 36.7 Å². The maximum Gasteiger partial charge on any atom is 0.255 e. The van der Waals surface area contributed by atoms with E-state index in [9.17, 15) is 4.79 Å². The summed E-state index contributed by atoms with van der Waals surface area (Å²) < 4.78 is 0. The molecule has 98 valence electrons. The van der Waals surface area contributed by atoms with Gasteiger partial charge in [0.25, 0.3) is 5.91 Å². The lowest BCUT2D eigenvalue weighted by Gasteiger charge is -2.09. The minimum absolute atomic E-state index is 0.118. The van der Waals surface area contributed by atoms with Crippen LogP contribution in [0, 0.1) is 6.92 Å². The quantitative estimate of drug-likeness (QED) is 0.879. The van der Waals surface area contributed by atoms with E-state index < -0.39 is 0 Å². The molecule has 3 heteroatoms. The second-order valence-corrected chi connectivity index (χ2v) is 4.90. The van der Waals surface area contributed by atoms with Crippen molar-refractivity contribution in [2.45, 2.75) is 20.3 Å². The predicted octanol–water partition coefficient (Wildman–Crippen LogP) is 4.46. The first kappa shape index (κ1) is 13.6. The number of hydrogen-bond donors (Lipinski definition) is 1. The van der Waals surface area contributed by atoms with Gasteiger partial charge in [-0.3, -0.25) is 4.79 Å². The van der Waals surface area contributed by atoms with Gasteiger partial charge in [0.1, 0.15) is 0 Å². The van der Waals surface area contributed by atoms with Gasteiger partial charge in [-0.15, -0.1) is 0 Å². The smallest absolute Gasteiger partial charge is 0.255 e. The summed E-state index contributed by atoms with van der Waals surface area (Å²) in [5, 5.41) is 3.49. The largest absolute Gasteiger partial charge is 0.322 e. The van der Waals surface area contributed by atoms with Crippen LogP contribution in [0.5, 0.6) is 0 Å². The summed E-state index contributed by atoms with van der Waals surface area (Å²) in [6.45, 7) is 4.02. The fourth-order valence-electron chi connectivity index (χ4n) is 1.82. The molecule has 2 aromatic rings. The first-order valence-electron chi connectivity index (χ1n) is 6.26. The number of halogens is 1. The number of carbonyl (C=O) groups excluding carboxylic acids is 1. The summed E-state index contributed by atoms with van der Waals surface area (Å²) >= 11 is 5.93. The molecule has 0 bridgehead atoms. The van der Waals surface area contributed by atoms with E-state index >= 15 is 0 Å². The fourth-order valence-corrected chi connectivity index (χ4v) is 1.99. The third-order valence-electron chi connectivity index (χ3n) is 3.07. The Morgan fingerprint density at radius 3 is 2.47 bits per heavy atom. The highest BCUT2D eigenvalue weighted by molar-refractivity contribution is 6.31. The summed E-state index contributed by atoms with van der Waals surface area (Å²) in [6.07, 6.45) is 0.968. The first-order valence-corrected chi connectivity index (χ1v) is 6.64. The molecule has 0 aliphatic carbocycles. The third-order valence-corrected chi connectivity index (χ3v) is 3.31. The molecule has 19 heavy (non-hydrogen) atoms. The molecule has 0 atom stereocenters. The topological polar surface area (TPSA) is 29.1 Å². The Balaban J connectivity index is 2.18. The van der Waals surface area contributed by atoms with E-state index in [1.165, 1.54) is 5.56 Å². The van der Waals surface area contributed by atoms with Crippen molar-refractivity contribution >= 4 is 23.2 Å². The molecule has 2 aromatic carbocycles. The zero-order chi connectivity index (χ0) is 13.8. The molecule has 2 nitrogen and oxygen atoms in total. The van der Waals surface area contributed by atoms with Gasteiger partial charge in [-0.25, -0.2) is 0 Å². The average Bonchev–Trinajstić information content (AvgIpc) is 2.43. The van der Waals surface area contributed by atoms with Gasteiger partial charge in [-0.2, -0.15) is 0 Å².